The molecule has 18 heavy (non-hydrogen) atoms. The predicted octanol–water partition coefficient (Wildman–Crippen LogP) is 3.53. The van der Waals surface area contributed by atoms with Gasteiger partial charge < -0.3 is 5.11 Å². The molecule has 0 aliphatic heterocycles. The summed E-state index contributed by atoms with van der Waals surface area (Å²) in [4.78, 5) is 13.9. The molecule has 7 heteroatoms. The predicted molar refractivity (Wildman–Crippen MR) is 59.5 cm³/mol. The van der Waals surface area contributed by atoms with Crippen molar-refractivity contribution in [2.75, 3.05) is 0 Å². The molecule has 0 unspecified atom stereocenters. The van der Waals surface area contributed by atoms with E-state index < -0.39 is 22.0 Å². The summed E-state index contributed by atoms with van der Waals surface area (Å²) in [5.74, 6) is -1.41. The van der Waals surface area contributed by atoms with Gasteiger partial charge in [0, 0.05) is 5.56 Å². The SMILES string of the molecule is O=C(O)c1sc(C(F)(F)F)nc1-c1ccccc1. The number of aromatic nitrogens is 1. The third-order valence-corrected chi connectivity index (χ3v) is 3.20. The van der Waals surface area contributed by atoms with Crippen molar-refractivity contribution in [3.05, 3.63) is 40.2 Å². The van der Waals surface area contributed by atoms with Crippen LogP contribution in [0.2, 0.25) is 0 Å². The Morgan fingerprint density at radius 2 is 1.83 bits per heavy atom. The summed E-state index contributed by atoms with van der Waals surface area (Å²) in [6.07, 6.45) is -4.64. The van der Waals surface area contributed by atoms with Gasteiger partial charge in [-0.05, 0) is 0 Å². The summed E-state index contributed by atoms with van der Waals surface area (Å²) in [6, 6.07) is 7.92. The van der Waals surface area contributed by atoms with Crippen LogP contribution in [0.25, 0.3) is 11.3 Å². The van der Waals surface area contributed by atoms with E-state index in [0.29, 0.717) is 5.56 Å². The molecule has 0 radical (unpaired) electrons. The Bertz CT molecular complexity index is 578. The first kappa shape index (κ1) is 12.6. The van der Waals surface area contributed by atoms with Gasteiger partial charge in [0.1, 0.15) is 4.88 Å². The fraction of sp³-hybridized carbons (Fsp3) is 0.0909. The smallest absolute Gasteiger partial charge is 0.443 e. The van der Waals surface area contributed by atoms with Crippen LogP contribution in [0.5, 0.6) is 0 Å². The van der Waals surface area contributed by atoms with Crippen LogP contribution in [0, 0.1) is 0 Å². The molecular weight excluding hydrogens is 267 g/mol. The second-order valence-corrected chi connectivity index (χ2v) is 4.36. The highest BCUT2D eigenvalue weighted by Gasteiger charge is 2.37. The number of thiazole rings is 1. The first-order valence-electron chi connectivity index (χ1n) is 4.76. The van der Waals surface area contributed by atoms with Crippen molar-refractivity contribution in [2.24, 2.45) is 0 Å². The molecule has 0 aliphatic carbocycles. The Balaban J connectivity index is 2.60. The van der Waals surface area contributed by atoms with Crippen LogP contribution in [0.1, 0.15) is 14.7 Å². The van der Waals surface area contributed by atoms with Gasteiger partial charge in [0.25, 0.3) is 0 Å². The Labute approximate surface area is 104 Å². The van der Waals surface area contributed by atoms with Gasteiger partial charge in [-0.1, -0.05) is 30.3 Å². The van der Waals surface area contributed by atoms with Crippen LogP contribution < -0.4 is 0 Å². The van der Waals surface area contributed by atoms with Crippen molar-refractivity contribution in [2.45, 2.75) is 6.18 Å². The molecule has 2 rings (SSSR count). The molecule has 94 valence electrons. The summed E-state index contributed by atoms with van der Waals surface area (Å²) < 4.78 is 37.5. The van der Waals surface area contributed by atoms with Crippen LogP contribution in [0.4, 0.5) is 13.2 Å². The Kier molecular flexibility index (Phi) is 3.08. The number of hydrogen-bond donors (Lipinski definition) is 1. The van der Waals surface area contributed by atoms with Gasteiger partial charge in [-0.2, -0.15) is 13.2 Å². The minimum atomic E-state index is -4.64. The lowest BCUT2D eigenvalue weighted by atomic mass is 10.1. The highest BCUT2D eigenvalue weighted by Crippen LogP contribution is 2.37. The summed E-state index contributed by atoms with van der Waals surface area (Å²) >= 11 is 0.134. The molecule has 2 aromatic rings. The van der Waals surface area contributed by atoms with E-state index in [4.69, 9.17) is 5.11 Å². The maximum absolute atomic E-state index is 12.5. The third kappa shape index (κ3) is 2.35. The molecular formula is C11H6F3NO2S. The Hall–Kier alpha value is -1.89. The van der Waals surface area contributed by atoms with Crippen molar-refractivity contribution >= 4 is 17.3 Å². The number of benzene rings is 1. The average Bonchev–Trinajstić information content (AvgIpc) is 2.74. The van der Waals surface area contributed by atoms with Crippen LogP contribution in [0.3, 0.4) is 0 Å². The molecule has 3 nitrogen and oxygen atoms in total. The zero-order valence-corrected chi connectivity index (χ0v) is 9.55. The van der Waals surface area contributed by atoms with Gasteiger partial charge in [0.15, 0.2) is 5.01 Å². The maximum atomic E-state index is 12.5. The molecule has 0 amide bonds. The number of hydrogen-bond acceptors (Lipinski definition) is 3. The largest absolute Gasteiger partial charge is 0.477 e. The number of carbonyl (C=O) groups is 1. The molecule has 1 aromatic heterocycles. The molecule has 0 bridgehead atoms. The van der Waals surface area contributed by atoms with Gasteiger partial charge in [0.2, 0.25) is 0 Å². The minimum Gasteiger partial charge on any atom is -0.477 e. The van der Waals surface area contributed by atoms with E-state index in [1.807, 2.05) is 0 Å². The fourth-order valence-electron chi connectivity index (χ4n) is 1.38. The van der Waals surface area contributed by atoms with E-state index in [0.717, 1.165) is 0 Å². The first-order valence-corrected chi connectivity index (χ1v) is 5.58. The molecule has 1 heterocycles. The summed E-state index contributed by atoms with van der Waals surface area (Å²) in [5.41, 5.74) is 0.196. The maximum Gasteiger partial charge on any atom is 0.443 e. The Morgan fingerprint density at radius 3 is 2.33 bits per heavy atom. The average molecular weight is 273 g/mol. The lowest BCUT2D eigenvalue weighted by molar-refractivity contribution is -0.137. The van der Waals surface area contributed by atoms with Crippen molar-refractivity contribution < 1.29 is 23.1 Å². The van der Waals surface area contributed by atoms with Crippen molar-refractivity contribution in [1.82, 2.24) is 4.98 Å². The zero-order valence-electron chi connectivity index (χ0n) is 8.73. The van der Waals surface area contributed by atoms with Crippen molar-refractivity contribution in [3.63, 3.8) is 0 Å². The number of nitrogens with zero attached hydrogens (tertiary/aromatic N) is 1. The number of carboxylic acids is 1. The van der Waals surface area contributed by atoms with Gasteiger partial charge in [-0.3, -0.25) is 0 Å². The normalized spacial score (nSPS) is 11.5. The van der Waals surface area contributed by atoms with E-state index in [9.17, 15) is 18.0 Å². The quantitative estimate of drug-likeness (QED) is 0.910. The highest BCUT2D eigenvalue weighted by atomic mass is 32.1. The van der Waals surface area contributed by atoms with E-state index in [2.05, 4.69) is 4.98 Å². The van der Waals surface area contributed by atoms with E-state index >= 15 is 0 Å². The second kappa shape index (κ2) is 4.41. The number of carboxylic acid groups (broad SMARTS) is 1. The molecule has 0 saturated heterocycles. The van der Waals surface area contributed by atoms with Crippen LogP contribution >= 0.6 is 11.3 Å². The summed E-state index contributed by atoms with van der Waals surface area (Å²) in [5, 5.41) is 7.76. The molecule has 1 N–H and O–H groups in total. The third-order valence-electron chi connectivity index (χ3n) is 2.11. The highest BCUT2D eigenvalue weighted by molar-refractivity contribution is 7.14. The van der Waals surface area contributed by atoms with Gasteiger partial charge in [0.05, 0.1) is 5.69 Å². The molecule has 0 fully saturated rings. The molecule has 0 saturated carbocycles. The van der Waals surface area contributed by atoms with Crippen LogP contribution in [-0.4, -0.2) is 16.1 Å². The molecule has 0 spiro atoms. The van der Waals surface area contributed by atoms with E-state index in [-0.39, 0.29) is 17.0 Å². The van der Waals surface area contributed by atoms with Crippen molar-refractivity contribution in [3.8, 4) is 11.3 Å². The number of alkyl halides is 3. The molecule has 0 aliphatic rings. The fourth-order valence-corrected chi connectivity index (χ4v) is 2.17. The van der Waals surface area contributed by atoms with Gasteiger partial charge in [-0.25, -0.2) is 9.78 Å². The monoisotopic (exact) mass is 273 g/mol. The van der Waals surface area contributed by atoms with Crippen molar-refractivity contribution in [1.29, 1.82) is 0 Å². The van der Waals surface area contributed by atoms with Crippen LogP contribution in [-0.2, 0) is 6.18 Å². The van der Waals surface area contributed by atoms with Gasteiger partial charge in [-0.15, -0.1) is 11.3 Å². The van der Waals surface area contributed by atoms with Crippen LogP contribution in [0.15, 0.2) is 30.3 Å². The topological polar surface area (TPSA) is 50.2 Å². The van der Waals surface area contributed by atoms with E-state index in [1.54, 1.807) is 18.2 Å². The minimum absolute atomic E-state index is 0.134. The molecule has 0 atom stereocenters. The first-order chi connectivity index (χ1) is 8.39. The number of halogens is 3. The number of aromatic carboxylic acids is 1. The Morgan fingerprint density at radius 1 is 1.22 bits per heavy atom. The standard InChI is InChI=1S/C11H6F3NO2S/c12-11(13,14)10-15-7(8(18-10)9(16)17)6-4-2-1-3-5-6/h1-5H,(H,16,17). The lowest BCUT2D eigenvalue weighted by Crippen LogP contribution is -2.03. The second-order valence-electron chi connectivity index (χ2n) is 3.37. The summed E-state index contributed by atoms with van der Waals surface area (Å²) in [6.45, 7) is 0. The molecule has 1 aromatic carbocycles. The van der Waals surface area contributed by atoms with Gasteiger partial charge >= 0.3 is 12.1 Å². The number of rotatable bonds is 2. The van der Waals surface area contributed by atoms with E-state index in [1.165, 1.54) is 12.1 Å². The lowest BCUT2D eigenvalue weighted by Gasteiger charge is -1.99. The summed E-state index contributed by atoms with van der Waals surface area (Å²) in [7, 11) is 0. The zero-order chi connectivity index (χ0) is 13.3.